The molecule has 0 radical (unpaired) electrons. The highest BCUT2D eigenvalue weighted by molar-refractivity contribution is 7.78. The third-order valence-corrected chi connectivity index (χ3v) is 1.71. The van der Waals surface area contributed by atoms with Gasteiger partial charge in [0.05, 0.1) is 15.9 Å². The Bertz CT molecular complexity index is 415. The van der Waals surface area contributed by atoms with Crippen LogP contribution in [0.2, 0.25) is 5.02 Å². The molecule has 0 aliphatic rings. The van der Waals surface area contributed by atoms with Crippen molar-refractivity contribution in [2.24, 2.45) is 4.99 Å². The smallest absolute Gasteiger partial charge is 0.406 e. The molecule has 0 atom stereocenters. The van der Waals surface area contributed by atoms with Gasteiger partial charge in [-0.25, -0.2) is 0 Å². The van der Waals surface area contributed by atoms with Gasteiger partial charge in [-0.3, -0.25) is 0 Å². The zero-order chi connectivity index (χ0) is 11.5. The first-order valence-electron chi connectivity index (χ1n) is 3.55. The van der Waals surface area contributed by atoms with Gasteiger partial charge in [-0.05, 0) is 24.4 Å². The lowest BCUT2D eigenvalue weighted by Crippen LogP contribution is -2.16. The summed E-state index contributed by atoms with van der Waals surface area (Å²) >= 11 is 9.94. The van der Waals surface area contributed by atoms with Gasteiger partial charge in [-0.2, -0.15) is 4.99 Å². The minimum Gasteiger partial charge on any atom is -0.406 e. The maximum atomic E-state index is 11.8. The van der Waals surface area contributed by atoms with Crippen molar-refractivity contribution in [1.29, 1.82) is 0 Å². The highest BCUT2D eigenvalue weighted by Crippen LogP contribution is 2.31. The predicted molar refractivity (Wildman–Crippen MR) is 52.8 cm³/mol. The molecule has 0 aliphatic heterocycles. The van der Waals surface area contributed by atoms with E-state index in [-0.39, 0.29) is 10.7 Å². The van der Waals surface area contributed by atoms with Gasteiger partial charge in [0.2, 0.25) is 0 Å². The van der Waals surface area contributed by atoms with E-state index in [0.717, 1.165) is 12.1 Å². The Labute approximate surface area is 93.3 Å². The molecule has 7 heteroatoms. The van der Waals surface area contributed by atoms with Crippen molar-refractivity contribution < 1.29 is 17.9 Å². The van der Waals surface area contributed by atoms with Crippen LogP contribution in [-0.2, 0) is 0 Å². The molecule has 0 bridgehead atoms. The number of benzene rings is 1. The molecule has 0 N–H and O–H groups in total. The predicted octanol–water partition coefficient (Wildman–Crippen LogP) is 3.97. The van der Waals surface area contributed by atoms with Gasteiger partial charge in [0.15, 0.2) is 0 Å². The average Bonchev–Trinajstić information content (AvgIpc) is 2.07. The van der Waals surface area contributed by atoms with E-state index in [9.17, 15) is 13.2 Å². The van der Waals surface area contributed by atoms with E-state index in [1.54, 1.807) is 0 Å². The number of alkyl halides is 3. The third-order valence-electron chi connectivity index (χ3n) is 1.32. The van der Waals surface area contributed by atoms with E-state index in [1.165, 1.54) is 6.07 Å². The summed E-state index contributed by atoms with van der Waals surface area (Å²) in [5.74, 6) is -0.407. The molecule has 0 heterocycles. The van der Waals surface area contributed by atoms with Crippen LogP contribution >= 0.6 is 23.8 Å². The van der Waals surface area contributed by atoms with Gasteiger partial charge in [-0.15, -0.1) is 13.2 Å². The number of aliphatic imine (C=N–C) groups is 1. The Morgan fingerprint density at radius 2 is 2.07 bits per heavy atom. The first kappa shape index (κ1) is 12.0. The van der Waals surface area contributed by atoms with Gasteiger partial charge in [0, 0.05) is 6.07 Å². The van der Waals surface area contributed by atoms with E-state index >= 15 is 0 Å². The molecular formula is C8H3ClF3NOS. The fourth-order valence-corrected chi connectivity index (χ4v) is 1.14. The molecule has 80 valence electrons. The monoisotopic (exact) mass is 253 g/mol. The van der Waals surface area contributed by atoms with Crippen LogP contribution in [0.4, 0.5) is 18.9 Å². The Morgan fingerprint density at radius 3 is 2.53 bits per heavy atom. The molecule has 1 aromatic carbocycles. The Hall–Kier alpha value is -1.10. The minimum atomic E-state index is -4.74. The lowest BCUT2D eigenvalue weighted by atomic mass is 10.3. The molecule has 0 fully saturated rings. The van der Waals surface area contributed by atoms with Crippen molar-refractivity contribution >= 4 is 34.7 Å². The van der Waals surface area contributed by atoms with E-state index in [0.29, 0.717) is 0 Å². The fraction of sp³-hybridized carbons (Fsp3) is 0.125. The highest BCUT2D eigenvalue weighted by atomic mass is 35.5. The molecule has 1 rings (SSSR count). The van der Waals surface area contributed by atoms with Crippen LogP contribution in [0.25, 0.3) is 0 Å². The molecule has 2 nitrogen and oxygen atoms in total. The highest BCUT2D eigenvalue weighted by Gasteiger charge is 2.31. The molecule has 0 unspecified atom stereocenters. The van der Waals surface area contributed by atoms with Crippen molar-refractivity contribution in [1.82, 2.24) is 0 Å². The summed E-state index contributed by atoms with van der Waals surface area (Å²) in [5, 5.41) is 2.06. The SMILES string of the molecule is FC(F)(F)Oc1ccc(N=C=S)c(Cl)c1. The normalized spacial score (nSPS) is 10.7. The minimum absolute atomic E-state index is 0.00843. The largest absolute Gasteiger partial charge is 0.573 e. The first-order chi connectivity index (χ1) is 6.92. The summed E-state index contributed by atoms with van der Waals surface area (Å²) in [6.45, 7) is 0. The third kappa shape index (κ3) is 3.87. The van der Waals surface area contributed by atoms with E-state index < -0.39 is 12.1 Å². The van der Waals surface area contributed by atoms with Gasteiger partial charge >= 0.3 is 6.36 Å². The zero-order valence-corrected chi connectivity index (χ0v) is 8.58. The average molecular weight is 254 g/mol. The number of nitrogens with zero attached hydrogens (tertiary/aromatic N) is 1. The van der Waals surface area contributed by atoms with Crippen molar-refractivity contribution in [3.63, 3.8) is 0 Å². The molecule has 0 aliphatic carbocycles. The fourth-order valence-electron chi connectivity index (χ4n) is 0.825. The quantitative estimate of drug-likeness (QED) is 0.587. The summed E-state index contributed by atoms with van der Waals surface area (Å²) in [6, 6.07) is 3.34. The number of rotatable bonds is 2. The maximum absolute atomic E-state index is 11.8. The van der Waals surface area contributed by atoms with Crippen molar-refractivity contribution in [3.8, 4) is 5.75 Å². The molecule has 1 aromatic rings. The number of thiocarbonyl (C=S) groups is 1. The van der Waals surface area contributed by atoms with Crippen LogP contribution in [0.1, 0.15) is 0 Å². The maximum Gasteiger partial charge on any atom is 0.573 e. The number of hydrogen-bond donors (Lipinski definition) is 0. The molecule has 0 saturated carbocycles. The number of isothiocyanates is 1. The van der Waals surface area contributed by atoms with Gasteiger partial charge < -0.3 is 4.74 Å². The molecule has 0 saturated heterocycles. The zero-order valence-electron chi connectivity index (χ0n) is 7.01. The van der Waals surface area contributed by atoms with E-state index in [2.05, 4.69) is 27.1 Å². The standard InChI is InChI=1S/C8H3ClF3NOS/c9-6-3-5(14-8(10,11)12)1-2-7(6)13-4-15/h1-3H. The van der Waals surface area contributed by atoms with Crippen molar-refractivity contribution in [2.75, 3.05) is 0 Å². The van der Waals surface area contributed by atoms with Crippen LogP contribution in [0.15, 0.2) is 23.2 Å². The summed E-state index contributed by atoms with van der Waals surface area (Å²) in [6.07, 6.45) is -4.74. The van der Waals surface area contributed by atoms with E-state index in [1.807, 2.05) is 0 Å². The van der Waals surface area contributed by atoms with Crippen molar-refractivity contribution in [2.45, 2.75) is 6.36 Å². The first-order valence-corrected chi connectivity index (χ1v) is 4.34. The number of halogens is 4. The van der Waals surface area contributed by atoms with Crippen LogP contribution in [-0.4, -0.2) is 11.5 Å². The summed E-state index contributed by atoms with van der Waals surface area (Å²) in [5.41, 5.74) is 0.237. The summed E-state index contributed by atoms with van der Waals surface area (Å²) < 4.78 is 39.1. The number of hydrogen-bond acceptors (Lipinski definition) is 3. The van der Waals surface area contributed by atoms with E-state index in [4.69, 9.17) is 11.6 Å². The second kappa shape index (κ2) is 4.61. The Morgan fingerprint density at radius 1 is 1.40 bits per heavy atom. The van der Waals surface area contributed by atoms with Crippen LogP contribution < -0.4 is 4.74 Å². The van der Waals surface area contributed by atoms with Crippen LogP contribution in [0, 0.1) is 0 Å². The molecular weight excluding hydrogens is 251 g/mol. The summed E-state index contributed by atoms with van der Waals surface area (Å²) in [7, 11) is 0. The van der Waals surface area contributed by atoms with Crippen LogP contribution in [0.3, 0.4) is 0 Å². The molecule has 0 amide bonds. The number of ether oxygens (including phenoxy) is 1. The van der Waals surface area contributed by atoms with Crippen LogP contribution in [0.5, 0.6) is 5.75 Å². The second-order valence-corrected chi connectivity index (χ2v) is 2.95. The topological polar surface area (TPSA) is 21.6 Å². The Kier molecular flexibility index (Phi) is 3.68. The summed E-state index contributed by atoms with van der Waals surface area (Å²) in [4.78, 5) is 3.54. The second-order valence-electron chi connectivity index (χ2n) is 2.36. The molecule has 0 aromatic heterocycles. The molecule has 0 spiro atoms. The van der Waals surface area contributed by atoms with Crippen molar-refractivity contribution in [3.05, 3.63) is 23.2 Å². The lowest BCUT2D eigenvalue weighted by Gasteiger charge is -2.08. The van der Waals surface area contributed by atoms with Gasteiger partial charge in [0.25, 0.3) is 0 Å². The Balaban J connectivity index is 2.96. The molecule has 15 heavy (non-hydrogen) atoms. The van der Waals surface area contributed by atoms with Gasteiger partial charge in [0.1, 0.15) is 5.75 Å². The lowest BCUT2D eigenvalue weighted by molar-refractivity contribution is -0.274. The van der Waals surface area contributed by atoms with Gasteiger partial charge in [-0.1, -0.05) is 11.6 Å².